The van der Waals surface area contributed by atoms with Crippen LogP contribution in [0.2, 0.25) is 0 Å². The van der Waals surface area contributed by atoms with E-state index in [0.717, 1.165) is 4.90 Å². The van der Waals surface area contributed by atoms with Crippen LogP contribution in [0.5, 0.6) is 0 Å². The number of ether oxygens (including phenoxy) is 1. The smallest absolute Gasteiger partial charge is 0.407 e. The zero-order valence-electron chi connectivity index (χ0n) is 10.1. The Morgan fingerprint density at radius 1 is 1.29 bits per heavy atom. The van der Waals surface area contributed by atoms with Crippen molar-refractivity contribution in [1.82, 2.24) is 10.2 Å². The Hall–Kier alpha value is -1.85. The Labute approximate surface area is 99.6 Å². The molecule has 0 aromatic carbocycles. The van der Waals surface area contributed by atoms with Gasteiger partial charge in [-0.1, -0.05) is 0 Å². The van der Waals surface area contributed by atoms with Crippen LogP contribution in [0.1, 0.15) is 20.8 Å². The highest BCUT2D eigenvalue weighted by molar-refractivity contribution is 6.12. The van der Waals surface area contributed by atoms with Gasteiger partial charge in [-0.2, -0.15) is 0 Å². The molecule has 0 saturated heterocycles. The fraction of sp³-hybridized carbons (Fsp3) is 0.545. The molecule has 0 radical (unpaired) electrons. The SMILES string of the molecule is CC(C)(C)NC(=O)OCCN1C(=O)C=CC1=O. The molecule has 1 heterocycles. The number of hydrogen-bond acceptors (Lipinski definition) is 4. The number of rotatable bonds is 3. The first-order valence-corrected chi connectivity index (χ1v) is 5.28. The fourth-order valence-corrected chi connectivity index (χ4v) is 1.22. The lowest BCUT2D eigenvalue weighted by molar-refractivity contribution is -0.137. The molecule has 6 heteroatoms. The van der Waals surface area contributed by atoms with E-state index in [4.69, 9.17) is 4.74 Å². The second-order valence-corrected chi connectivity index (χ2v) is 4.67. The highest BCUT2D eigenvalue weighted by Gasteiger charge is 2.23. The van der Waals surface area contributed by atoms with Crippen LogP contribution >= 0.6 is 0 Å². The van der Waals surface area contributed by atoms with Gasteiger partial charge in [-0.25, -0.2) is 4.79 Å². The van der Waals surface area contributed by atoms with Gasteiger partial charge in [-0.05, 0) is 20.8 Å². The third-order valence-electron chi connectivity index (χ3n) is 1.93. The normalized spacial score (nSPS) is 15.4. The van der Waals surface area contributed by atoms with E-state index < -0.39 is 6.09 Å². The molecule has 1 aliphatic heterocycles. The van der Waals surface area contributed by atoms with Crippen molar-refractivity contribution in [3.8, 4) is 0 Å². The minimum absolute atomic E-state index is 0.0128. The summed E-state index contributed by atoms with van der Waals surface area (Å²) < 4.78 is 4.85. The van der Waals surface area contributed by atoms with Crippen molar-refractivity contribution >= 4 is 17.9 Å². The van der Waals surface area contributed by atoms with Crippen LogP contribution in [0.25, 0.3) is 0 Å². The monoisotopic (exact) mass is 240 g/mol. The first-order chi connectivity index (χ1) is 7.79. The van der Waals surface area contributed by atoms with Crippen molar-refractivity contribution in [2.45, 2.75) is 26.3 Å². The van der Waals surface area contributed by atoms with Crippen molar-refractivity contribution in [3.05, 3.63) is 12.2 Å². The van der Waals surface area contributed by atoms with Gasteiger partial charge in [0.15, 0.2) is 0 Å². The summed E-state index contributed by atoms with van der Waals surface area (Å²) in [7, 11) is 0. The summed E-state index contributed by atoms with van der Waals surface area (Å²) in [5.74, 6) is -0.760. The molecule has 0 saturated carbocycles. The summed E-state index contributed by atoms with van der Waals surface area (Å²) in [5, 5.41) is 2.60. The summed E-state index contributed by atoms with van der Waals surface area (Å²) in [6, 6.07) is 0. The number of amides is 3. The third-order valence-corrected chi connectivity index (χ3v) is 1.93. The molecule has 94 valence electrons. The number of nitrogens with zero attached hydrogens (tertiary/aromatic N) is 1. The lowest BCUT2D eigenvalue weighted by Crippen LogP contribution is -2.42. The Kier molecular flexibility index (Phi) is 3.88. The minimum Gasteiger partial charge on any atom is -0.448 e. The molecule has 17 heavy (non-hydrogen) atoms. The lowest BCUT2D eigenvalue weighted by atomic mass is 10.1. The van der Waals surface area contributed by atoms with Crippen molar-refractivity contribution in [3.63, 3.8) is 0 Å². The second-order valence-electron chi connectivity index (χ2n) is 4.67. The molecular weight excluding hydrogens is 224 g/mol. The highest BCUT2D eigenvalue weighted by atomic mass is 16.5. The Morgan fingerprint density at radius 2 is 1.82 bits per heavy atom. The fourth-order valence-electron chi connectivity index (χ4n) is 1.22. The van der Waals surface area contributed by atoms with Gasteiger partial charge in [0, 0.05) is 17.7 Å². The standard InChI is InChI=1S/C11H16N2O4/c1-11(2,3)12-10(16)17-7-6-13-8(14)4-5-9(13)15/h4-5H,6-7H2,1-3H3,(H,12,16). The molecule has 3 amide bonds. The molecule has 1 aliphatic rings. The van der Waals surface area contributed by atoms with E-state index in [0.29, 0.717) is 0 Å². The van der Waals surface area contributed by atoms with Gasteiger partial charge in [-0.15, -0.1) is 0 Å². The number of alkyl carbamates (subject to hydrolysis) is 1. The van der Waals surface area contributed by atoms with Crippen molar-refractivity contribution in [2.24, 2.45) is 0 Å². The molecule has 0 aliphatic carbocycles. The number of carbonyl (C=O) groups excluding carboxylic acids is 3. The average Bonchev–Trinajstić information content (AvgIpc) is 2.46. The van der Waals surface area contributed by atoms with Crippen molar-refractivity contribution in [2.75, 3.05) is 13.2 Å². The molecule has 1 rings (SSSR count). The quantitative estimate of drug-likeness (QED) is 0.726. The van der Waals surface area contributed by atoms with Crippen LogP contribution in [0.15, 0.2) is 12.2 Å². The zero-order valence-corrected chi connectivity index (χ0v) is 10.1. The first-order valence-electron chi connectivity index (χ1n) is 5.28. The van der Waals surface area contributed by atoms with Crippen LogP contribution in [0.3, 0.4) is 0 Å². The predicted octanol–water partition coefficient (Wildman–Crippen LogP) is 0.436. The summed E-state index contributed by atoms with van der Waals surface area (Å²) in [6.45, 7) is 5.53. The summed E-state index contributed by atoms with van der Waals surface area (Å²) in [4.78, 5) is 34.6. The van der Waals surface area contributed by atoms with E-state index in [9.17, 15) is 14.4 Å². The zero-order chi connectivity index (χ0) is 13.1. The van der Waals surface area contributed by atoms with Crippen LogP contribution in [0.4, 0.5) is 4.79 Å². The van der Waals surface area contributed by atoms with E-state index in [-0.39, 0.29) is 30.5 Å². The van der Waals surface area contributed by atoms with Gasteiger partial charge in [0.1, 0.15) is 6.61 Å². The average molecular weight is 240 g/mol. The van der Waals surface area contributed by atoms with Crippen LogP contribution in [0, 0.1) is 0 Å². The number of carbonyl (C=O) groups is 3. The van der Waals surface area contributed by atoms with Gasteiger partial charge >= 0.3 is 6.09 Å². The number of imide groups is 1. The van der Waals surface area contributed by atoms with E-state index in [1.54, 1.807) is 0 Å². The third kappa shape index (κ3) is 4.26. The van der Waals surface area contributed by atoms with Crippen LogP contribution in [-0.2, 0) is 14.3 Å². The van der Waals surface area contributed by atoms with Gasteiger partial charge in [0.25, 0.3) is 11.8 Å². The van der Waals surface area contributed by atoms with Crippen LogP contribution in [-0.4, -0.2) is 41.5 Å². The molecule has 0 spiro atoms. The maximum Gasteiger partial charge on any atom is 0.407 e. The lowest BCUT2D eigenvalue weighted by Gasteiger charge is -2.20. The van der Waals surface area contributed by atoms with Crippen LogP contribution < -0.4 is 5.32 Å². The summed E-state index contributed by atoms with van der Waals surface area (Å²) >= 11 is 0. The molecule has 0 bridgehead atoms. The van der Waals surface area contributed by atoms with Crippen molar-refractivity contribution in [1.29, 1.82) is 0 Å². The molecule has 1 N–H and O–H groups in total. The molecular formula is C11H16N2O4. The van der Waals surface area contributed by atoms with Crippen molar-refractivity contribution < 1.29 is 19.1 Å². The molecule has 0 aromatic rings. The van der Waals surface area contributed by atoms with Gasteiger partial charge in [0.05, 0.1) is 6.54 Å². The number of hydrogen-bond donors (Lipinski definition) is 1. The first kappa shape index (κ1) is 13.2. The maximum absolute atomic E-state index is 11.3. The van der Waals surface area contributed by atoms with E-state index in [1.165, 1.54) is 12.2 Å². The number of nitrogens with one attached hydrogen (secondary N) is 1. The highest BCUT2D eigenvalue weighted by Crippen LogP contribution is 2.03. The Morgan fingerprint density at radius 3 is 2.29 bits per heavy atom. The molecule has 0 atom stereocenters. The Balaban J connectivity index is 2.27. The van der Waals surface area contributed by atoms with E-state index in [2.05, 4.69) is 5.32 Å². The molecule has 6 nitrogen and oxygen atoms in total. The minimum atomic E-state index is -0.565. The predicted molar refractivity (Wildman–Crippen MR) is 60.1 cm³/mol. The maximum atomic E-state index is 11.3. The summed E-state index contributed by atoms with van der Waals surface area (Å²) in [5.41, 5.74) is -0.377. The summed E-state index contributed by atoms with van der Waals surface area (Å²) in [6.07, 6.45) is 1.82. The van der Waals surface area contributed by atoms with Gasteiger partial charge in [0.2, 0.25) is 0 Å². The molecule has 0 unspecified atom stereocenters. The molecule has 0 aromatic heterocycles. The van der Waals surface area contributed by atoms with E-state index in [1.807, 2.05) is 20.8 Å². The van der Waals surface area contributed by atoms with Gasteiger partial charge in [-0.3, -0.25) is 14.5 Å². The van der Waals surface area contributed by atoms with Gasteiger partial charge < -0.3 is 10.1 Å². The van der Waals surface area contributed by atoms with E-state index >= 15 is 0 Å². The molecule has 0 fully saturated rings. The largest absolute Gasteiger partial charge is 0.448 e. The Bertz CT molecular complexity index is 350. The topological polar surface area (TPSA) is 75.7 Å². The second kappa shape index (κ2) is 4.99.